The molecule has 2 aromatic heterocycles. The molecule has 6 nitrogen and oxygen atoms in total. The maximum atomic E-state index is 12.4. The van der Waals surface area contributed by atoms with Crippen LogP contribution in [0.2, 0.25) is 5.02 Å². The summed E-state index contributed by atoms with van der Waals surface area (Å²) >= 11 is 6.14. The average molecular weight is 343 g/mol. The first kappa shape index (κ1) is 15.0. The van der Waals surface area contributed by atoms with E-state index in [1.54, 1.807) is 18.3 Å². The summed E-state index contributed by atoms with van der Waals surface area (Å²) in [6.45, 7) is 0.719. The van der Waals surface area contributed by atoms with Crippen molar-refractivity contribution in [1.29, 1.82) is 0 Å². The molecule has 0 saturated heterocycles. The number of nitrogens with zero attached hydrogens (tertiary/aromatic N) is 3. The number of imidazole rings is 1. The molecule has 1 atom stereocenters. The molecule has 0 radical (unpaired) electrons. The lowest BCUT2D eigenvalue weighted by atomic mass is 10.1. The number of aromatic nitrogens is 3. The molecule has 0 saturated carbocycles. The molecule has 24 heavy (non-hydrogen) atoms. The Kier molecular flexibility index (Phi) is 3.82. The molecular formula is C17H15ClN4O2. The van der Waals surface area contributed by atoms with Crippen LogP contribution in [-0.2, 0) is 13.0 Å². The van der Waals surface area contributed by atoms with Gasteiger partial charge in [-0.2, -0.15) is 0 Å². The van der Waals surface area contributed by atoms with Crippen LogP contribution in [-0.4, -0.2) is 26.7 Å². The zero-order valence-electron chi connectivity index (χ0n) is 12.8. The van der Waals surface area contributed by atoms with Crippen molar-refractivity contribution in [2.75, 3.05) is 0 Å². The second kappa shape index (κ2) is 6.13. The van der Waals surface area contributed by atoms with E-state index in [4.69, 9.17) is 16.1 Å². The van der Waals surface area contributed by atoms with Crippen LogP contribution in [0.1, 0.15) is 22.7 Å². The Balaban J connectivity index is 1.47. The van der Waals surface area contributed by atoms with Crippen LogP contribution < -0.4 is 5.32 Å². The van der Waals surface area contributed by atoms with Gasteiger partial charge in [0.15, 0.2) is 11.5 Å². The highest BCUT2D eigenvalue weighted by molar-refractivity contribution is 6.33. The summed E-state index contributed by atoms with van der Waals surface area (Å²) in [5, 5.41) is 7.43. The number of benzene rings is 1. The lowest BCUT2D eigenvalue weighted by Crippen LogP contribution is -2.41. The Morgan fingerprint density at radius 2 is 2.25 bits per heavy atom. The van der Waals surface area contributed by atoms with Crippen molar-refractivity contribution >= 4 is 17.5 Å². The van der Waals surface area contributed by atoms with Crippen LogP contribution in [0.15, 0.2) is 47.2 Å². The second-order valence-electron chi connectivity index (χ2n) is 5.76. The maximum absolute atomic E-state index is 12.4. The first-order valence-corrected chi connectivity index (χ1v) is 8.11. The van der Waals surface area contributed by atoms with E-state index in [0.717, 1.165) is 25.2 Å². The second-order valence-corrected chi connectivity index (χ2v) is 6.17. The molecule has 0 fully saturated rings. The van der Waals surface area contributed by atoms with Crippen molar-refractivity contribution in [2.45, 2.75) is 25.4 Å². The number of nitrogens with one attached hydrogen (secondary N) is 1. The summed E-state index contributed by atoms with van der Waals surface area (Å²) in [5.41, 5.74) is 0.966. The van der Waals surface area contributed by atoms with Crippen molar-refractivity contribution in [3.63, 3.8) is 0 Å². The van der Waals surface area contributed by atoms with E-state index < -0.39 is 0 Å². The molecule has 0 bridgehead atoms. The third-order valence-corrected chi connectivity index (χ3v) is 4.48. The fraction of sp³-hybridized carbons (Fsp3) is 0.235. The van der Waals surface area contributed by atoms with Gasteiger partial charge >= 0.3 is 0 Å². The number of carbonyl (C=O) groups is 1. The van der Waals surface area contributed by atoms with Gasteiger partial charge in [-0.15, -0.1) is 0 Å². The quantitative estimate of drug-likeness (QED) is 0.794. The Labute approximate surface area is 143 Å². The van der Waals surface area contributed by atoms with Crippen LogP contribution in [0, 0.1) is 0 Å². The average Bonchev–Trinajstić information content (AvgIpc) is 3.24. The van der Waals surface area contributed by atoms with E-state index in [1.807, 2.05) is 24.4 Å². The van der Waals surface area contributed by atoms with Gasteiger partial charge in [0.05, 0.1) is 5.02 Å². The van der Waals surface area contributed by atoms with Crippen LogP contribution in [0.5, 0.6) is 0 Å². The van der Waals surface area contributed by atoms with Gasteiger partial charge in [0.25, 0.3) is 5.91 Å². The van der Waals surface area contributed by atoms with Gasteiger partial charge in [-0.3, -0.25) is 4.79 Å². The molecule has 0 spiro atoms. The summed E-state index contributed by atoms with van der Waals surface area (Å²) in [4.78, 5) is 16.7. The first-order chi connectivity index (χ1) is 11.7. The molecule has 1 N–H and O–H groups in total. The predicted molar refractivity (Wildman–Crippen MR) is 88.8 cm³/mol. The minimum absolute atomic E-state index is 0.0552. The van der Waals surface area contributed by atoms with Crippen molar-refractivity contribution in [1.82, 2.24) is 20.0 Å². The summed E-state index contributed by atoms with van der Waals surface area (Å²) in [7, 11) is 0. The predicted octanol–water partition coefficient (Wildman–Crippen LogP) is 2.94. The number of carbonyl (C=O) groups excluding carboxylic acids is 1. The molecule has 7 heteroatoms. The largest absolute Gasteiger partial charge is 0.355 e. The Morgan fingerprint density at radius 1 is 1.38 bits per heavy atom. The highest BCUT2D eigenvalue weighted by atomic mass is 35.5. The normalized spacial score (nSPS) is 16.6. The van der Waals surface area contributed by atoms with Crippen LogP contribution in [0.4, 0.5) is 0 Å². The number of hydrogen-bond donors (Lipinski definition) is 1. The van der Waals surface area contributed by atoms with Crippen LogP contribution in [0.3, 0.4) is 0 Å². The molecule has 3 heterocycles. The van der Waals surface area contributed by atoms with Crippen molar-refractivity contribution < 1.29 is 9.32 Å². The monoisotopic (exact) mass is 342 g/mol. The van der Waals surface area contributed by atoms with Gasteiger partial charge < -0.3 is 14.4 Å². The van der Waals surface area contributed by atoms with E-state index in [2.05, 4.69) is 20.0 Å². The van der Waals surface area contributed by atoms with Crippen LogP contribution >= 0.6 is 11.6 Å². The van der Waals surface area contributed by atoms with Crippen molar-refractivity contribution in [3.8, 4) is 11.3 Å². The van der Waals surface area contributed by atoms with Gasteiger partial charge in [0.1, 0.15) is 5.82 Å². The first-order valence-electron chi connectivity index (χ1n) is 7.73. The molecule has 1 amide bonds. The smallest absolute Gasteiger partial charge is 0.273 e. The Hall–Kier alpha value is -2.60. The highest BCUT2D eigenvalue weighted by Crippen LogP contribution is 2.28. The van der Waals surface area contributed by atoms with E-state index >= 15 is 0 Å². The summed E-state index contributed by atoms with van der Waals surface area (Å²) in [6.07, 6.45) is 5.42. The Morgan fingerprint density at radius 3 is 3.12 bits per heavy atom. The van der Waals surface area contributed by atoms with Gasteiger partial charge in [-0.25, -0.2) is 4.98 Å². The zero-order chi connectivity index (χ0) is 16.5. The third-order valence-electron chi connectivity index (χ3n) is 4.15. The van der Waals surface area contributed by atoms with E-state index in [-0.39, 0.29) is 17.6 Å². The van der Waals surface area contributed by atoms with E-state index in [0.29, 0.717) is 16.3 Å². The molecule has 1 aliphatic rings. The fourth-order valence-corrected chi connectivity index (χ4v) is 3.14. The molecule has 1 unspecified atom stereocenters. The summed E-state index contributed by atoms with van der Waals surface area (Å²) in [6, 6.07) is 8.95. The van der Waals surface area contributed by atoms with E-state index in [9.17, 15) is 4.79 Å². The summed E-state index contributed by atoms with van der Waals surface area (Å²) < 4.78 is 7.34. The molecule has 122 valence electrons. The molecular weight excluding hydrogens is 328 g/mol. The molecule has 1 aliphatic heterocycles. The van der Waals surface area contributed by atoms with Crippen molar-refractivity contribution in [2.24, 2.45) is 0 Å². The maximum Gasteiger partial charge on any atom is 0.273 e. The zero-order valence-corrected chi connectivity index (χ0v) is 13.5. The van der Waals surface area contributed by atoms with Crippen molar-refractivity contribution in [3.05, 3.63) is 59.3 Å². The topological polar surface area (TPSA) is 73.0 Å². The SMILES string of the molecule is O=C(NC1CCc2nccn2C1)c1cc(-c2ccccc2Cl)on1. The number of hydrogen-bond acceptors (Lipinski definition) is 4. The number of halogens is 1. The third kappa shape index (κ3) is 2.80. The number of fused-ring (bicyclic) bond motifs is 1. The highest BCUT2D eigenvalue weighted by Gasteiger charge is 2.22. The van der Waals surface area contributed by atoms with E-state index in [1.165, 1.54) is 0 Å². The lowest BCUT2D eigenvalue weighted by molar-refractivity contribution is 0.0918. The minimum atomic E-state index is -0.245. The van der Waals surface area contributed by atoms with Gasteiger partial charge in [-0.05, 0) is 18.6 Å². The number of rotatable bonds is 3. The fourth-order valence-electron chi connectivity index (χ4n) is 2.91. The molecule has 1 aromatic carbocycles. The molecule has 4 rings (SSSR count). The number of aryl methyl sites for hydroxylation is 1. The number of amides is 1. The standard InChI is InChI=1S/C17H15ClN4O2/c18-13-4-2-1-3-12(13)15-9-14(21-24-15)17(23)20-11-5-6-16-19-7-8-22(16)10-11/h1-4,7-9,11H,5-6,10H2,(H,20,23). The minimum Gasteiger partial charge on any atom is -0.355 e. The Bertz CT molecular complexity index is 886. The summed E-state index contributed by atoms with van der Waals surface area (Å²) in [5.74, 6) is 1.29. The lowest BCUT2D eigenvalue weighted by Gasteiger charge is -2.24. The van der Waals surface area contributed by atoms with Gasteiger partial charge in [0, 0.05) is 43.0 Å². The van der Waals surface area contributed by atoms with Crippen LogP contribution in [0.25, 0.3) is 11.3 Å². The van der Waals surface area contributed by atoms with Gasteiger partial charge in [0.2, 0.25) is 0 Å². The van der Waals surface area contributed by atoms with Gasteiger partial charge in [-0.1, -0.05) is 28.9 Å². The molecule has 0 aliphatic carbocycles. The molecule has 3 aromatic rings.